The van der Waals surface area contributed by atoms with Gasteiger partial charge in [-0.1, -0.05) is 53.5 Å². The molecule has 1 aliphatic rings. The van der Waals surface area contributed by atoms with Crippen LogP contribution in [-0.4, -0.2) is 10.5 Å². The molecule has 1 aromatic carbocycles. The minimum absolute atomic E-state index is 0.128. The molecule has 2 rings (SSSR count). The molecular weight excluding hydrogens is 295 g/mol. The van der Waals surface area contributed by atoms with Gasteiger partial charge in [-0.25, -0.2) is 4.39 Å². The van der Waals surface area contributed by atoms with E-state index in [0.29, 0.717) is 5.71 Å². The number of anilines is 1. The van der Waals surface area contributed by atoms with E-state index in [2.05, 4.69) is 33.4 Å². The smallest absolute Gasteiger partial charge is 0.146 e. The molecule has 1 fully saturated rings. The lowest BCUT2D eigenvalue weighted by atomic mass is 10.0. The van der Waals surface area contributed by atoms with Crippen LogP contribution in [0.15, 0.2) is 18.2 Å². The van der Waals surface area contributed by atoms with Crippen molar-refractivity contribution in [1.29, 1.82) is 5.41 Å². The molecule has 0 aromatic heterocycles. The zero-order valence-electron chi connectivity index (χ0n) is 14.5. The number of hydrogen-bond donors (Lipinski definition) is 3. The molecule has 22 heavy (non-hydrogen) atoms. The van der Waals surface area contributed by atoms with Crippen LogP contribution in [0.5, 0.6) is 0 Å². The van der Waals surface area contributed by atoms with Crippen LogP contribution >= 0.6 is 12.6 Å². The first-order chi connectivity index (χ1) is 10.2. The monoisotopic (exact) mass is 326 g/mol. The van der Waals surface area contributed by atoms with Gasteiger partial charge in [-0.2, -0.15) is 12.6 Å². The van der Waals surface area contributed by atoms with Crippen molar-refractivity contribution in [3.05, 3.63) is 29.6 Å². The Morgan fingerprint density at radius 3 is 2.23 bits per heavy atom. The number of nitrogens with two attached hydrogens (primary N) is 1. The van der Waals surface area contributed by atoms with Crippen LogP contribution in [0.25, 0.3) is 0 Å². The highest BCUT2D eigenvalue weighted by Crippen LogP contribution is 2.33. The maximum absolute atomic E-state index is 12.9. The highest BCUT2D eigenvalue weighted by atomic mass is 32.1. The van der Waals surface area contributed by atoms with Crippen molar-refractivity contribution in [2.75, 3.05) is 5.73 Å². The van der Waals surface area contributed by atoms with E-state index in [9.17, 15) is 4.39 Å². The van der Waals surface area contributed by atoms with E-state index in [4.69, 9.17) is 11.1 Å². The molecule has 1 aliphatic carbocycles. The van der Waals surface area contributed by atoms with E-state index < -0.39 is 5.82 Å². The molecular formula is C18H31FN2S. The Kier molecular flexibility index (Phi) is 9.42. The van der Waals surface area contributed by atoms with E-state index in [1.54, 1.807) is 12.1 Å². The molecule has 4 heteroatoms. The van der Waals surface area contributed by atoms with Crippen LogP contribution in [-0.2, 0) is 0 Å². The summed E-state index contributed by atoms with van der Waals surface area (Å²) in [6.07, 6.45) is 4.46. The van der Waals surface area contributed by atoms with Crippen LogP contribution in [0.1, 0.15) is 65.9 Å². The van der Waals surface area contributed by atoms with Gasteiger partial charge in [0.15, 0.2) is 0 Å². The van der Waals surface area contributed by atoms with E-state index in [1.807, 2.05) is 13.8 Å². The Balaban J connectivity index is 0.000000540. The molecule has 1 aromatic rings. The molecule has 0 heterocycles. The van der Waals surface area contributed by atoms with Crippen molar-refractivity contribution < 1.29 is 4.39 Å². The highest BCUT2D eigenvalue weighted by Gasteiger charge is 2.21. The lowest BCUT2D eigenvalue weighted by Gasteiger charge is -2.05. The van der Waals surface area contributed by atoms with Gasteiger partial charge in [0.25, 0.3) is 0 Å². The second-order valence-electron chi connectivity index (χ2n) is 6.37. The van der Waals surface area contributed by atoms with Crippen molar-refractivity contribution in [1.82, 2.24) is 0 Å². The van der Waals surface area contributed by atoms with Gasteiger partial charge in [-0.15, -0.1) is 0 Å². The first-order valence-corrected chi connectivity index (χ1v) is 8.46. The maximum Gasteiger partial charge on any atom is 0.146 e. The standard InChI is InChI=1S/C12H15FN2.C4H10S.C2H6/c13-10-5-4-9(7-12(10)15)11(14)6-3-8-1-2-8;1-4(2,3)5;1-2/h4-5,7-8,14H,1-3,6,15H2;5H,1-3H3;1-2H3. The molecule has 1 saturated carbocycles. The van der Waals surface area contributed by atoms with Gasteiger partial charge in [-0.05, 0) is 36.5 Å². The Bertz CT molecular complexity index is 457. The molecule has 0 atom stereocenters. The van der Waals surface area contributed by atoms with Crippen molar-refractivity contribution in [2.45, 2.75) is 65.0 Å². The van der Waals surface area contributed by atoms with E-state index >= 15 is 0 Å². The Morgan fingerprint density at radius 2 is 1.82 bits per heavy atom. The van der Waals surface area contributed by atoms with Crippen LogP contribution < -0.4 is 5.73 Å². The van der Waals surface area contributed by atoms with E-state index in [1.165, 1.54) is 18.9 Å². The average Bonchev–Trinajstić information content (AvgIpc) is 3.24. The topological polar surface area (TPSA) is 49.9 Å². The summed E-state index contributed by atoms with van der Waals surface area (Å²) >= 11 is 4.12. The molecule has 0 unspecified atom stereocenters. The van der Waals surface area contributed by atoms with E-state index in [0.717, 1.165) is 24.3 Å². The van der Waals surface area contributed by atoms with Crippen molar-refractivity contribution >= 4 is 24.0 Å². The third kappa shape index (κ3) is 10.7. The minimum Gasteiger partial charge on any atom is -0.396 e. The number of nitrogens with one attached hydrogen (secondary N) is 1. The predicted molar refractivity (Wildman–Crippen MR) is 99.7 cm³/mol. The largest absolute Gasteiger partial charge is 0.396 e. The Hall–Kier alpha value is -1.03. The quantitative estimate of drug-likeness (QED) is 0.370. The number of benzene rings is 1. The number of thiol groups is 1. The highest BCUT2D eigenvalue weighted by molar-refractivity contribution is 7.81. The lowest BCUT2D eigenvalue weighted by Crippen LogP contribution is -2.01. The van der Waals surface area contributed by atoms with Crippen molar-refractivity contribution in [3.8, 4) is 0 Å². The van der Waals surface area contributed by atoms with Gasteiger partial charge >= 0.3 is 0 Å². The minimum atomic E-state index is -0.409. The van der Waals surface area contributed by atoms with Gasteiger partial charge in [0.2, 0.25) is 0 Å². The predicted octanol–water partition coefficient (Wildman–Crippen LogP) is 5.71. The molecule has 0 aliphatic heterocycles. The zero-order valence-corrected chi connectivity index (χ0v) is 15.4. The summed E-state index contributed by atoms with van der Waals surface area (Å²) in [4.78, 5) is 0. The van der Waals surface area contributed by atoms with Crippen LogP contribution in [0.2, 0.25) is 0 Å². The second kappa shape index (κ2) is 9.88. The summed E-state index contributed by atoms with van der Waals surface area (Å²) in [5, 5.41) is 7.84. The summed E-state index contributed by atoms with van der Waals surface area (Å²) in [5.74, 6) is 0.414. The summed E-state index contributed by atoms with van der Waals surface area (Å²) in [6.45, 7) is 10.2. The van der Waals surface area contributed by atoms with Crippen LogP contribution in [0.4, 0.5) is 10.1 Å². The van der Waals surface area contributed by atoms with Crippen molar-refractivity contribution in [2.24, 2.45) is 5.92 Å². The number of rotatable bonds is 4. The molecule has 0 saturated heterocycles. The van der Waals surface area contributed by atoms with Gasteiger partial charge in [0, 0.05) is 10.5 Å². The summed E-state index contributed by atoms with van der Waals surface area (Å²) < 4.78 is 13.1. The zero-order chi connectivity index (χ0) is 17.3. The first kappa shape index (κ1) is 21.0. The molecule has 2 nitrogen and oxygen atoms in total. The fourth-order valence-corrected chi connectivity index (χ4v) is 1.63. The fraction of sp³-hybridized carbons (Fsp3) is 0.611. The summed E-state index contributed by atoms with van der Waals surface area (Å²) in [5.41, 5.74) is 6.89. The number of halogens is 1. The number of hydrogen-bond acceptors (Lipinski definition) is 3. The fourth-order valence-electron chi connectivity index (χ4n) is 1.63. The van der Waals surface area contributed by atoms with Crippen molar-refractivity contribution in [3.63, 3.8) is 0 Å². The Morgan fingerprint density at radius 1 is 1.32 bits per heavy atom. The Labute approximate surface area is 140 Å². The van der Waals surface area contributed by atoms with Gasteiger partial charge in [0.05, 0.1) is 5.69 Å². The van der Waals surface area contributed by atoms with Crippen LogP contribution in [0.3, 0.4) is 0 Å². The lowest BCUT2D eigenvalue weighted by molar-refractivity contribution is 0.632. The molecule has 3 N–H and O–H groups in total. The van der Waals surface area contributed by atoms with Gasteiger partial charge in [-0.3, -0.25) is 0 Å². The van der Waals surface area contributed by atoms with Crippen LogP contribution in [0, 0.1) is 17.1 Å². The molecule has 0 amide bonds. The van der Waals surface area contributed by atoms with Gasteiger partial charge in [0.1, 0.15) is 5.82 Å². The molecule has 126 valence electrons. The average molecular weight is 327 g/mol. The second-order valence-corrected chi connectivity index (χ2v) is 7.71. The first-order valence-electron chi connectivity index (χ1n) is 8.02. The third-order valence-corrected chi connectivity index (χ3v) is 2.84. The molecule has 0 radical (unpaired) electrons. The maximum atomic E-state index is 12.9. The molecule has 0 bridgehead atoms. The summed E-state index contributed by atoms with van der Waals surface area (Å²) in [7, 11) is 0. The molecule has 0 spiro atoms. The van der Waals surface area contributed by atoms with Gasteiger partial charge < -0.3 is 11.1 Å². The SMILES string of the molecule is CC.CC(C)(C)S.N=C(CCC1CC1)c1ccc(F)c(N)c1. The summed E-state index contributed by atoms with van der Waals surface area (Å²) in [6, 6.07) is 4.50. The van der Waals surface area contributed by atoms with E-state index in [-0.39, 0.29) is 10.4 Å². The normalized spacial score (nSPS) is 13.4. The number of nitrogen functional groups attached to an aromatic ring is 1. The third-order valence-electron chi connectivity index (χ3n) is 2.84.